The molecule has 19 heavy (non-hydrogen) atoms. The van der Waals surface area contributed by atoms with Crippen LogP contribution in [-0.4, -0.2) is 56.2 Å². The number of hydrogen-bond donors (Lipinski definition) is 5. The molecule has 1 aromatic rings. The Morgan fingerprint density at radius 1 is 0.947 bits per heavy atom. The van der Waals surface area contributed by atoms with Crippen LogP contribution in [0.3, 0.4) is 0 Å². The molecular weight excluding hydrogens is 252 g/mol. The fourth-order valence-electron chi connectivity index (χ4n) is 1.91. The molecule has 1 saturated heterocycles. The third-order valence-electron chi connectivity index (χ3n) is 2.99. The molecule has 1 fully saturated rings. The number of ether oxygens (including phenoxy) is 1. The smallest absolute Gasteiger partial charge is 0.184 e. The molecule has 0 spiro atoms. The van der Waals surface area contributed by atoms with Crippen molar-refractivity contribution in [1.29, 1.82) is 0 Å². The van der Waals surface area contributed by atoms with Crippen LogP contribution in [0.25, 0.3) is 6.08 Å². The Balaban J connectivity index is 2.19. The first kappa shape index (κ1) is 14.0. The summed E-state index contributed by atoms with van der Waals surface area (Å²) < 4.78 is 4.89. The molecule has 0 amide bonds. The minimum Gasteiger partial charge on any atom is -0.509 e. The summed E-state index contributed by atoms with van der Waals surface area (Å²) in [7, 11) is 0. The van der Waals surface area contributed by atoms with E-state index in [1.165, 1.54) is 6.08 Å². The van der Waals surface area contributed by atoms with Gasteiger partial charge in [-0.15, -0.1) is 0 Å². The molecule has 1 aliphatic heterocycles. The molecular formula is C13H16O6. The summed E-state index contributed by atoms with van der Waals surface area (Å²) in [5, 5.41) is 47.8. The fourth-order valence-corrected chi connectivity index (χ4v) is 1.91. The highest BCUT2D eigenvalue weighted by Gasteiger charge is 2.44. The molecule has 0 saturated carbocycles. The average Bonchev–Trinajstić information content (AvgIpc) is 2.41. The first-order chi connectivity index (χ1) is 9.00. The molecule has 6 heteroatoms. The van der Waals surface area contributed by atoms with E-state index in [1.807, 2.05) is 6.07 Å². The van der Waals surface area contributed by atoms with Crippen molar-refractivity contribution < 1.29 is 30.3 Å². The van der Waals surface area contributed by atoms with Gasteiger partial charge in [0.2, 0.25) is 0 Å². The molecule has 0 radical (unpaired) electrons. The first-order valence-corrected chi connectivity index (χ1v) is 5.84. The molecule has 1 heterocycles. The van der Waals surface area contributed by atoms with Crippen molar-refractivity contribution in [2.75, 3.05) is 0 Å². The van der Waals surface area contributed by atoms with Gasteiger partial charge in [-0.1, -0.05) is 30.3 Å². The van der Waals surface area contributed by atoms with E-state index in [0.717, 1.165) is 0 Å². The summed E-state index contributed by atoms with van der Waals surface area (Å²) in [6, 6.07) is 8.81. The van der Waals surface area contributed by atoms with Gasteiger partial charge in [0.05, 0.1) is 0 Å². The van der Waals surface area contributed by atoms with Crippen molar-refractivity contribution in [3.8, 4) is 0 Å². The van der Waals surface area contributed by atoms with Crippen LogP contribution in [0.5, 0.6) is 0 Å². The minimum atomic E-state index is -1.67. The van der Waals surface area contributed by atoms with Crippen LogP contribution in [-0.2, 0) is 4.74 Å². The van der Waals surface area contributed by atoms with E-state index in [2.05, 4.69) is 0 Å². The SMILES string of the molecule is OC(=Cc1ccccc1)[C@H]1OC(O)[C@H](O)[C@@H](O)[C@@H]1O. The topological polar surface area (TPSA) is 110 Å². The Labute approximate surface area is 109 Å². The monoisotopic (exact) mass is 268 g/mol. The predicted molar refractivity (Wildman–Crippen MR) is 65.9 cm³/mol. The zero-order valence-electron chi connectivity index (χ0n) is 10.00. The van der Waals surface area contributed by atoms with Crippen molar-refractivity contribution in [2.24, 2.45) is 0 Å². The van der Waals surface area contributed by atoms with Gasteiger partial charge in [0.15, 0.2) is 6.29 Å². The van der Waals surface area contributed by atoms with Crippen LogP contribution in [0.2, 0.25) is 0 Å². The van der Waals surface area contributed by atoms with Crippen LogP contribution < -0.4 is 0 Å². The van der Waals surface area contributed by atoms with Crippen molar-refractivity contribution in [1.82, 2.24) is 0 Å². The van der Waals surface area contributed by atoms with Gasteiger partial charge >= 0.3 is 0 Å². The van der Waals surface area contributed by atoms with Gasteiger partial charge in [-0.3, -0.25) is 0 Å². The van der Waals surface area contributed by atoms with Crippen LogP contribution in [0, 0.1) is 0 Å². The van der Waals surface area contributed by atoms with E-state index < -0.39 is 30.7 Å². The van der Waals surface area contributed by atoms with Gasteiger partial charge < -0.3 is 30.3 Å². The van der Waals surface area contributed by atoms with E-state index in [4.69, 9.17) is 4.74 Å². The average molecular weight is 268 g/mol. The summed E-state index contributed by atoms with van der Waals surface area (Å²) in [6.07, 6.45) is -6.36. The summed E-state index contributed by atoms with van der Waals surface area (Å²) in [5.41, 5.74) is 0.672. The molecule has 0 bridgehead atoms. The van der Waals surface area contributed by atoms with E-state index in [-0.39, 0.29) is 5.76 Å². The lowest BCUT2D eigenvalue weighted by Crippen LogP contribution is -2.57. The quantitative estimate of drug-likeness (QED) is 0.457. The van der Waals surface area contributed by atoms with E-state index in [9.17, 15) is 25.5 Å². The number of rotatable bonds is 2. The van der Waals surface area contributed by atoms with Crippen molar-refractivity contribution in [3.63, 3.8) is 0 Å². The fraction of sp³-hybridized carbons (Fsp3) is 0.385. The Morgan fingerprint density at radius 2 is 1.58 bits per heavy atom. The Kier molecular flexibility index (Phi) is 4.18. The molecule has 6 nitrogen and oxygen atoms in total. The molecule has 0 aromatic heterocycles. The van der Waals surface area contributed by atoms with Crippen LogP contribution >= 0.6 is 0 Å². The molecule has 2 rings (SSSR count). The summed E-state index contributed by atoms with van der Waals surface area (Å²) in [5.74, 6) is -0.344. The van der Waals surface area contributed by atoms with Crippen molar-refractivity contribution in [2.45, 2.75) is 30.7 Å². The predicted octanol–water partition coefficient (Wildman–Crippen LogP) is -0.615. The summed E-state index contributed by atoms with van der Waals surface area (Å²) >= 11 is 0. The second-order valence-electron chi connectivity index (χ2n) is 4.40. The number of aliphatic hydroxyl groups is 5. The van der Waals surface area contributed by atoms with Crippen molar-refractivity contribution in [3.05, 3.63) is 41.7 Å². The van der Waals surface area contributed by atoms with Crippen LogP contribution in [0.4, 0.5) is 0 Å². The Morgan fingerprint density at radius 3 is 2.21 bits per heavy atom. The minimum absolute atomic E-state index is 0.344. The van der Waals surface area contributed by atoms with Crippen LogP contribution in [0.15, 0.2) is 36.1 Å². The van der Waals surface area contributed by atoms with Gasteiger partial charge in [0.1, 0.15) is 30.2 Å². The maximum absolute atomic E-state index is 9.89. The largest absolute Gasteiger partial charge is 0.509 e. The van der Waals surface area contributed by atoms with Crippen LogP contribution in [0.1, 0.15) is 5.56 Å². The van der Waals surface area contributed by atoms with Crippen molar-refractivity contribution >= 4 is 6.08 Å². The zero-order chi connectivity index (χ0) is 14.0. The van der Waals surface area contributed by atoms with Gasteiger partial charge in [0.25, 0.3) is 0 Å². The standard InChI is InChI=1S/C13H16O6/c14-8(6-7-4-2-1-3-5-7)12-10(16)9(15)11(17)13(18)19-12/h1-6,9-18H/t9-,10-,11+,12+,13?/m0/s1. The van der Waals surface area contributed by atoms with Gasteiger partial charge in [0, 0.05) is 0 Å². The highest BCUT2D eigenvalue weighted by molar-refractivity contribution is 5.51. The van der Waals surface area contributed by atoms with E-state index in [1.54, 1.807) is 24.3 Å². The highest BCUT2D eigenvalue weighted by atomic mass is 16.6. The lowest BCUT2D eigenvalue weighted by Gasteiger charge is -2.37. The highest BCUT2D eigenvalue weighted by Crippen LogP contribution is 2.24. The van der Waals surface area contributed by atoms with E-state index >= 15 is 0 Å². The van der Waals surface area contributed by atoms with E-state index in [0.29, 0.717) is 5.56 Å². The normalized spacial score (nSPS) is 36.2. The number of aliphatic hydroxyl groups excluding tert-OH is 5. The summed E-state index contributed by atoms with van der Waals surface area (Å²) in [4.78, 5) is 0. The maximum Gasteiger partial charge on any atom is 0.184 e. The second-order valence-corrected chi connectivity index (χ2v) is 4.40. The molecule has 5 atom stereocenters. The lowest BCUT2D eigenvalue weighted by molar-refractivity contribution is -0.277. The number of hydrogen-bond acceptors (Lipinski definition) is 6. The maximum atomic E-state index is 9.89. The third-order valence-corrected chi connectivity index (χ3v) is 2.99. The van der Waals surface area contributed by atoms with Gasteiger partial charge in [-0.2, -0.15) is 0 Å². The molecule has 1 aromatic carbocycles. The first-order valence-electron chi connectivity index (χ1n) is 5.84. The zero-order valence-corrected chi connectivity index (χ0v) is 10.00. The molecule has 0 aliphatic carbocycles. The lowest BCUT2D eigenvalue weighted by atomic mass is 9.97. The Hall–Kier alpha value is -1.44. The second kappa shape index (κ2) is 5.68. The molecule has 104 valence electrons. The Bertz CT molecular complexity index is 446. The molecule has 5 N–H and O–H groups in total. The molecule has 1 unspecified atom stereocenters. The van der Waals surface area contributed by atoms with Gasteiger partial charge in [-0.05, 0) is 11.6 Å². The summed E-state index contributed by atoms with van der Waals surface area (Å²) in [6.45, 7) is 0. The molecule has 1 aliphatic rings. The van der Waals surface area contributed by atoms with Gasteiger partial charge in [-0.25, -0.2) is 0 Å². The number of benzene rings is 1. The third kappa shape index (κ3) is 2.94.